The first kappa shape index (κ1) is 21.4. The molecule has 0 radical (unpaired) electrons. The Balaban J connectivity index is 1.76. The summed E-state index contributed by atoms with van der Waals surface area (Å²) in [6.07, 6.45) is -3.53. The fourth-order valence-corrected chi connectivity index (χ4v) is 4.87. The van der Waals surface area contributed by atoms with E-state index in [4.69, 9.17) is 9.73 Å². The van der Waals surface area contributed by atoms with Crippen molar-refractivity contribution in [2.45, 2.75) is 37.1 Å². The second kappa shape index (κ2) is 8.15. The highest BCUT2D eigenvalue weighted by atomic mass is 19.4. The highest BCUT2D eigenvalue weighted by Crippen LogP contribution is 2.56. The Kier molecular flexibility index (Phi) is 5.29. The van der Waals surface area contributed by atoms with Crippen molar-refractivity contribution in [2.75, 3.05) is 0 Å². The lowest BCUT2D eigenvalue weighted by Crippen LogP contribution is -2.58. The predicted molar refractivity (Wildman–Crippen MR) is 119 cm³/mol. The summed E-state index contributed by atoms with van der Waals surface area (Å²) in [5, 5.41) is 0. The molecule has 0 aromatic heterocycles. The SMILES string of the molecule is O=C(OC1=N[C@H](c2ccccc2)[C@H](c2ccccc2)[N+]1(c1ccccc1)C1CC1)C(F)(F)F. The number of nitrogens with zero attached hydrogens (tertiary/aromatic N) is 2. The molecule has 0 amide bonds. The molecule has 3 aromatic carbocycles. The highest BCUT2D eigenvalue weighted by molar-refractivity contribution is 5.98. The van der Waals surface area contributed by atoms with E-state index < -0.39 is 18.2 Å². The Bertz CT molecular complexity index is 1160. The maximum atomic E-state index is 13.3. The van der Waals surface area contributed by atoms with E-state index in [1.807, 2.05) is 91.0 Å². The molecule has 0 N–H and O–H groups in total. The van der Waals surface area contributed by atoms with Crippen molar-refractivity contribution >= 4 is 17.7 Å². The molecule has 1 saturated carbocycles. The number of rotatable bonds is 4. The minimum absolute atomic E-state index is 0.0494. The molecule has 0 saturated heterocycles. The van der Waals surface area contributed by atoms with Gasteiger partial charge in [0.2, 0.25) is 0 Å². The molecule has 1 aliphatic carbocycles. The first-order valence-corrected chi connectivity index (χ1v) is 10.8. The van der Waals surface area contributed by atoms with Gasteiger partial charge in [-0.3, -0.25) is 0 Å². The standard InChI is InChI=1S/C26H22F3N2O2/c27-26(28,29)24(32)33-25-30-22(18-10-4-1-5-11-18)23(19-12-6-2-7-13-19)31(25,21-16-17-21)20-14-8-3-9-15-20/h1-15,21-23H,16-17H2/q+1/t22-,23+,31?/m1/s1. The highest BCUT2D eigenvalue weighted by Gasteiger charge is 2.65. The average molecular weight is 451 g/mol. The Morgan fingerprint density at radius 2 is 1.33 bits per heavy atom. The number of para-hydroxylation sites is 1. The van der Waals surface area contributed by atoms with Gasteiger partial charge in [-0.1, -0.05) is 78.9 Å². The molecule has 3 atom stereocenters. The molecule has 1 heterocycles. The largest absolute Gasteiger partial charge is 0.491 e. The van der Waals surface area contributed by atoms with Crippen LogP contribution in [0.5, 0.6) is 0 Å². The van der Waals surface area contributed by atoms with Gasteiger partial charge in [-0.05, 0) is 17.7 Å². The molecule has 1 fully saturated rings. The summed E-state index contributed by atoms with van der Waals surface area (Å²) in [4.78, 5) is 16.7. The van der Waals surface area contributed by atoms with Crippen molar-refractivity contribution < 1.29 is 22.7 Å². The van der Waals surface area contributed by atoms with Gasteiger partial charge in [0.05, 0.1) is 0 Å². The predicted octanol–water partition coefficient (Wildman–Crippen LogP) is 6.11. The number of ether oxygens (including phenoxy) is 1. The molecular weight excluding hydrogens is 429 g/mol. The van der Waals surface area contributed by atoms with Crippen LogP contribution < -0.4 is 4.48 Å². The van der Waals surface area contributed by atoms with Crippen LogP contribution in [-0.2, 0) is 9.53 Å². The zero-order valence-corrected chi connectivity index (χ0v) is 17.7. The van der Waals surface area contributed by atoms with E-state index in [0.29, 0.717) is 0 Å². The van der Waals surface area contributed by atoms with E-state index in [9.17, 15) is 18.0 Å². The zero-order valence-electron chi connectivity index (χ0n) is 17.7. The smallest absolute Gasteiger partial charge is 0.356 e. The van der Waals surface area contributed by atoms with Gasteiger partial charge in [-0.15, -0.1) is 0 Å². The van der Waals surface area contributed by atoms with E-state index >= 15 is 0 Å². The summed E-state index contributed by atoms with van der Waals surface area (Å²) in [7, 11) is 0. The normalized spacial score (nSPS) is 24.9. The molecule has 33 heavy (non-hydrogen) atoms. The van der Waals surface area contributed by atoms with Gasteiger partial charge in [0.25, 0.3) is 0 Å². The Morgan fingerprint density at radius 1 is 0.818 bits per heavy atom. The summed E-state index contributed by atoms with van der Waals surface area (Å²) in [5.74, 6) is -2.25. The van der Waals surface area contributed by atoms with Crippen LogP contribution in [-0.4, -0.2) is 24.2 Å². The number of quaternary nitrogens is 1. The molecule has 1 unspecified atom stereocenters. The molecule has 168 valence electrons. The van der Waals surface area contributed by atoms with Crippen molar-refractivity contribution in [1.82, 2.24) is 4.48 Å². The van der Waals surface area contributed by atoms with E-state index in [0.717, 1.165) is 29.7 Å². The monoisotopic (exact) mass is 451 g/mol. The minimum atomic E-state index is -5.12. The maximum Gasteiger partial charge on any atom is 0.491 e. The number of amidine groups is 1. The molecule has 2 aliphatic rings. The van der Waals surface area contributed by atoms with Crippen LogP contribution in [0.25, 0.3) is 0 Å². The maximum absolute atomic E-state index is 13.3. The number of benzene rings is 3. The number of carbonyl (C=O) groups excluding carboxylic acids is 1. The van der Waals surface area contributed by atoms with Crippen molar-refractivity contribution in [1.29, 1.82) is 0 Å². The molecule has 1 aliphatic heterocycles. The van der Waals surface area contributed by atoms with Crippen LogP contribution in [0, 0.1) is 0 Å². The minimum Gasteiger partial charge on any atom is -0.356 e. The van der Waals surface area contributed by atoms with Crippen molar-refractivity contribution in [3.05, 3.63) is 102 Å². The number of hydrogen-bond acceptors (Lipinski definition) is 3. The number of carbonyl (C=O) groups is 1. The average Bonchev–Trinajstić information content (AvgIpc) is 3.62. The van der Waals surface area contributed by atoms with Gasteiger partial charge in [-0.25, -0.2) is 4.79 Å². The fraction of sp³-hybridized carbons (Fsp3) is 0.231. The summed E-state index contributed by atoms with van der Waals surface area (Å²) in [6, 6.07) is 27.2. The summed E-state index contributed by atoms with van der Waals surface area (Å²) < 4.78 is 44.9. The molecular formula is C26H22F3N2O2+. The number of hydrogen-bond donors (Lipinski definition) is 0. The van der Waals surface area contributed by atoms with Crippen LogP contribution in [0.2, 0.25) is 0 Å². The first-order valence-electron chi connectivity index (χ1n) is 10.8. The molecule has 3 aromatic rings. The van der Waals surface area contributed by atoms with Gasteiger partial charge in [0.15, 0.2) is 6.04 Å². The second-order valence-electron chi connectivity index (χ2n) is 8.35. The lowest BCUT2D eigenvalue weighted by atomic mass is 9.91. The third kappa shape index (κ3) is 3.72. The van der Waals surface area contributed by atoms with Gasteiger partial charge in [-0.2, -0.15) is 22.6 Å². The Morgan fingerprint density at radius 3 is 1.85 bits per heavy atom. The van der Waals surface area contributed by atoms with E-state index in [-0.39, 0.29) is 22.6 Å². The molecule has 0 spiro atoms. The van der Waals surface area contributed by atoms with Gasteiger partial charge in [0, 0.05) is 18.4 Å². The Hall–Kier alpha value is -3.45. The van der Waals surface area contributed by atoms with Crippen LogP contribution in [0.4, 0.5) is 18.9 Å². The van der Waals surface area contributed by atoms with Crippen molar-refractivity contribution in [2.24, 2.45) is 4.99 Å². The summed E-state index contributed by atoms with van der Waals surface area (Å²) in [5.41, 5.74) is 2.52. The third-order valence-electron chi connectivity index (χ3n) is 6.31. The van der Waals surface area contributed by atoms with E-state index in [1.165, 1.54) is 0 Å². The molecule has 7 heteroatoms. The number of aliphatic imine (C=N–C) groups is 1. The van der Waals surface area contributed by atoms with E-state index in [1.54, 1.807) is 0 Å². The topological polar surface area (TPSA) is 38.7 Å². The van der Waals surface area contributed by atoms with Gasteiger partial charge in [0.1, 0.15) is 17.8 Å². The zero-order chi connectivity index (χ0) is 23.1. The van der Waals surface area contributed by atoms with Crippen LogP contribution >= 0.6 is 0 Å². The van der Waals surface area contributed by atoms with Crippen molar-refractivity contribution in [3.8, 4) is 0 Å². The molecule has 5 rings (SSSR count). The van der Waals surface area contributed by atoms with Crippen LogP contribution in [0.3, 0.4) is 0 Å². The fourth-order valence-electron chi connectivity index (χ4n) is 4.87. The van der Waals surface area contributed by atoms with Crippen molar-refractivity contribution in [3.63, 3.8) is 0 Å². The number of alkyl halides is 3. The summed E-state index contributed by atoms with van der Waals surface area (Å²) >= 11 is 0. The summed E-state index contributed by atoms with van der Waals surface area (Å²) in [6.45, 7) is 0. The van der Waals surface area contributed by atoms with Gasteiger partial charge < -0.3 is 4.74 Å². The number of esters is 1. The third-order valence-corrected chi connectivity index (χ3v) is 6.31. The second-order valence-corrected chi connectivity index (χ2v) is 8.35. The Labute approximate surface area is 189 Å². The molecule has 0 bridgehead atoms. The van der Waals surface area contributed by atoms with Crippen LogP contribution in [0.15, 0.2) is 96.0 Å². The van der Waals surface area contributed by atoms with Gasteiger partial charge >= 0.3 is 18.2 Å². The van der Waals surface area contributed by atoms with Crippen LogP contribution in [0.1, 0.15) is 36.1 Å². The quantitative estimate of drug-likeness (QED) is 0.354. The van der Waals surface area contributed by atoms with E-state index in [2.05, 4.69) is 0 Å². The molecule has 4 nitrogen and oxygen atoms in total. The number of halogens is 3. The first-order chi connectivity index (χ1) is 15.9. The lowest BCUT2D eigenvalue weighted by molar-refractivity contribution is -0.191. The lowest BCUT2D eigenvalue weighted by Gasteiger charge is -2.40.